The van der Waals surface area contributed by atoms with Gasteiger partial charge in [-0.1, -0.05) is 29.8 Å². The normalized spacial score (nSPS) is 11.7. The van der Waals surface area contributed by atoms with Crippen molar-refractivity contribution in [1.29, 1.82) is 0 Å². The molecule has 118 valence electrons. The fourth-order valence-electron chi connectivity index (χ4n) is 2.35. The summed E-state index contributed by atoms with van der Waals surface area (Å²) in [7, 11) is -3.52. The van der Waals surface area contributed by atoms with E-state index in [0.717, 1.165) is 5.82 Å². The van der Waals surface area contributed by atoms with E-state index in [1.54, 1.807) is 34.7 Å². The fraction of sp³-hybridized carbons (Fsp3) is 0.125. The number of nitrogens with zero attached hydrogens (tertiary/aromatic N) is 3. The topological polar surface area (TPSA) is 64.3 Å². The number of rotatable bonds is 5. The lowest BCUT2D eigenvalue weighted by Crippen LogP contribution is -2.06. The minimum atomic E-state index is -3.52. The standard InChI is InChI=1S/C16H14ClN3O2S/c1-2-5-15-18-19-16-12(6-4-9-20(15)16)11-23(21,22)14-8-3-7-13(17)10-14/h2-4,6-10H,1,5,11H2. The van der Waals surface area contributed by atoms with Gasteiger partial charge in [0.15, 0.2) is 15.5 Å². The molecule has 0 radical (unpaired) electrons. The molecule has 0 aliphatic rings. The minimum absolute atomic E-state index is 0.163. The van der Waals surface area contributed by atoms with Crippen LogP contribution in [0.5, 0.6) is 0 Å². The van der Waals surface area contributed by atoms with Crippen molar-refractivity contribution in [3.63, 3.8) is 0 Å². The molecular weight excluding hydrogens is 334 g/mol. The monoisotopic (exact) mass is 347 g/mol. The molecule has 2 heterocycles. The average Bonchev–Trinajstić information content (AvgIpc) is 2.92. The first-order valence-corrected chi connectivity index (χ1v) is 8.95. The Morgan fingerprint density at radius 1 is 1.22 bits per heavy atom. The van der Waals surface area contributed by atoms with E-state index in [2.05, 4.69) is 16.8 Å². The molecule has 23 heavy (non-hydrogen) atoms. The minimum Gasteiger partial charge on any atom is -0.286 e. The van der Waals surface area contributed by atoms with Crippen LogP contribution in [0.2, 0.25) is 5.02 Å². The Labute approximate surface area is 139 Å². The summed E-state index contributed by atoms with van der Waals surface area (Å²) in [4.78, 5) is 0.192. The molecule has 0 bridgehead atoms. The first-order chi connectivity index (χ1) is 11.0. The molecule has 1 aromatic carbocycles. The number of hydrogen-bond donors (Lipinski definition) is 0. The first-order valence-electron chi connectivity index (χ1n) is 6.92. The maximum atomic E-state index is 12.6. The second kappa shape index (κ2) is 6.14. The highest BCUT2D eigenvalue weighted by Crippen LogP contribution is 2.22. The van der Waals surface area contributed by atoms with Gasteiger partial charge in [0.05, 0.1) is 10.6 Å². The van der Waals surface area contributed by atoms with Crippen LogP contribution < -0.4 is 0 Å². The van der Waals surface area contributed by atoms with Gasteiger partial charge in [0.1, 0.15) is 5.82 Å². The number of aromatic nitrogens is 3. The summed E-state index contributed by atoms with van der Waals surface area (Å²) in [5.41, 5.74) is 1.13. The van der Waals surface area contributed by atoms with E-state index in [4.69, 9.17) is 11.6 Å². The third kappa shape index (κ3) is 3.13. The third-order valence-electron chi connectivity index (χ3n) is 3.41. The third-order valence-corrected chi connectivity index (χ3v) is 5.31. The van der Waals surface area contributed by atoms with Crippen LogP contribution in [0.25, 0.3) is 5.65 Å². The van der Waals surface area contributed by atoms with Crippen molar-refractivity contribution in [2.24, 2.45) is 0 Å². The van der Waals surface area contributed by atoms with Crippen molar-refractivity contribution in [3.8, 4) is 0 Å². The quantitative estimate of drug-likeness (QED) is 0.665. The summed E-state index contributed by atoms with van der Waals surface area (Å²) < 4.78 is 27.0. The molecule has 5 nitrogen and oxygen atoms in total. The number of pyridine rings is 1. The van der Waals surface area contributed by atoms with E-state index in [0.29, 0.717) is 22.7 Å². The van der Waals surface area contributed by atoms with Crippen molar-refractivity contribution in [3.05, 3.63) is 71.7 Å². The number of halogens is 1. The molecular formula is C16H14ClN3O2S. The van der Waals surface area contributed by atoms with Gasteiger partial charge in [0.2, 0.25) is 0 Å². The number of hydrogen-bond acceptors (Lipinski definition) is 4. The van der Waals surface area contributed by atoms with E-state index in [-0.39, 0.29) is 10.6 Å². The lowest BCUT2D eigenvalue weighted by atomic mass is 10.3. The second-order valence-corrected chi connectivity index (χ2v) is 7.48. The Kier molecular flexibility index (Phi) is 4.19. The molecule has 0 aliphatic carbocycles. The van der Waals surface area contributed by atoms with Gasteiger partial charge < -0.3 is 0 Å². The molecule has 2 aromatic heterocycles. The van der Waals surface area contributed by atoms with Crippen LogP contribution in [-0.2, 0) is 22.0 Å². The molecule has 0 spiro atoms. The van der Waals surface area contributed by atoms with Crippen LogP contribution >= 0.6 is 11.6 Å². The first kappa shape index (κ1) is 15.7. The summed E-state index contributed by atoms with van der Waals surface area (Å²) in [5, 5.41) is 8.58. The van der Waals surface area contributed by atoms with Crippen molar-refractivity contribution >= 4 is 27.1 Å². The maximum absolute atomic E-state index is 12.6. The molecule has 0 unspecified atom stereocenters. The van der Waals surface area contributed by atoms with Gasteiger partial charge in [0.25, 0.3) is 0 Å². The van der Waals surface area contributed by atoms with Crippen molar-refractivity contribution in [2.75, 3.05) is 0 Å². The number of benzene rings is 1. The zero-order chi connectivity index (χ0) is 16.4. The largest absolute Gasteiger partial charge is 0.286 e. The van der Waals surface area contributed by atoms with E-state index in [1.807, 2.05) is 6.20 Å². The lowest BCUT2D eigenvalue weighted by Gasteiger charge is -2.06. The zero-order valence-electron chi connectivity index (χ0n) is 12.2. The van der Waals surface area contributed by atoms with Crippen molar-refractivity contribution in [1.82, 2.24) is 14.6 Å². The summed E-state index contributed by atoms with van der Waals surface area (Å²) in [5.74, 6) is 0.557. The lowest BCUT2D eigenvalue weighted by molar-refractivity contribution is 0.595. The van der Waals surface area contributed by atoms with E-state index < -0.39 is 9.84 Å². The Hall–Kier alpha value is -2.18. The highest BCUT2D eigenvalue weighted by Gasteiger charge is 2.19. The number of allylic oxidation sites excluding steroid dienone is 1. The van der Waals surface area contributed by atoms with Gasteiger partial charge in [-0.2, -0.15) is 0 Å². The SMILES string of the molecule is C=CCc1nnc2c(CS(=O)(=O)c3cccc(Cl)c3)cccn12. The molecule has 0 atom stereocenters. The van der Waals surface area contributed by atoms with Gasteiger partial charge in [0, 0.05) is 23.2 Å². The van der Waals surface area contributed by atoms with Crippen LogP contribution in [0.1, 0.15) is 11.4 Å². The smallest absolute Gasteiger partial charge is 0.182 e. The van der Waals surface area contributed by atoms with Gasteiger partial charge in [-0.3, -0.25) is 4.40 Å². The van der Waals surface area contributed by atoms with E-state index in [9.17, 15) is 8.42 Å². The molecule has 7 heteroatoms. The highest BCUT2D eigenvalue weighted by molar-refractivity contribution is 7.90. The van der Waals surface area contributed by atoms with E-state index >= 15 is 0 Å². The molecule has 0 amide bonds. The Morgan fingerprint density at radius 2 is 2.04 bits per heavy atom. The van der Waals surface area contributed by atoms with Gasteiger partial charge in [-0.15, -0.1) is 16.8 Å². The fourth-order valence-corrected chi connectivity index (χ4v) is 4.00. The summed E-state index contributed by atoms with van der Waals surface area (Å²) in [6, 6.07) is 9.77. The molecule has 0 saturated carbocycles. The van der Waals surface area contributed by atoms with Crippen LogP contribution in [0, 0.1) is 0 Å². The van der Waals surface area contributed by atoms with Crippen LogP contribution in [0.4, 0.5) is 0 Å². The Bertz CT molecular complexity index is 980. The Balaban J connectivity index is 2.03. The molecule has 0 saturated heterocycles. The van der Waals surface area contributed by atoms with Gasteiger partial charge in [-0.05, 0) is 24.3 Å². The molecule has 3 aromatic rings. The van der Waals surface area contributed by atoms with Crippen molar-refractivity contribution < 1.29 is 8.42 Å². The van der Waals surface area contributed by atoms with Crippen LogP contribution in [-0.4, -0.2) is 23.0 Å². The number of fused-ring (bicyclic) bond motifs is 1. The number of sulfone groups is 1. The van der Waals surface area contributed by atoms with Crippen LogP contribution in [0.15, 0.2) is 60.1 Å². The van der Waals surface area contributed by atoms with Gasteiger partial charge in [-0.25, -0.2) is 8.42 Å². The molecule has 3 rings (SSSR count). The summed E-state index contributed by atoms with van der Waals surface area (Å²) in [6.07, 6.45) is 4.10. The predicted molar refractivity (Wildman–Crippen MR) is 89.2 cm³/mol. The van der Waals surface area contributed by atoms with Gasteiger partial charge >= 0.3 is 0 Å². The molecule has 0 aliphatic heterocycles. The molecule has 0 N–H and O–H groups in total. The summed E-state index contributed by atoms with van der Waals surface area (Å²) >= 11 is 5.89. The maximum Gasteiger partial charge on any atom is 0.182 e. The Morgan fingerprint density at radius 3 is 2.78 bits per heavy atom. The predicted octanol–water partition coefficient (Wildman–Crippen LogP) is 3.09. The molecule has 0 fully saturated rings. The van der Waals surface area contributed by atoms with Crippen molar-refractivity contribution in [2.45, 2.75) is 17.1 Å². The highest BCUT2D eigenvalue weighted by atomic mass is 35.5. The van der Waals surface area contributed by atoms with E-state index in [1.165, 1.54) is 12.1 Å². The summed E-state index contributed by atoms with van der Waals surface area (Å²) in [6.45, 7) is 3.68. The van der Waals surface area contributed by atoms with Crippen LogP contribution in [0.3, 0.4) is 0 Å². The zero-order valence-corrected chi connectivity index (χ0v) is 13.8. The second-order valence-electron chi connectivity index (χ2n) is 5.05. The average molecular weight is 348 g/mol.